The van der Waals surface area contributed by atoms with Crippen molar-refractivity contribution in [1.29, 1.82) is 0 Å². The molecule has 0 unspecified atom stereocenters. The highest BCUT2D eigenvalue weighted by Gasteiger charge is 2.23. The molecular weight excluding hydrogens is 212 g/mol. The summed E-state index contributed by atoms with van der Waals surface area (Å²) in [5, 5.41) is 0.104. The lowest BCUT2D eigenvalue weighted by molar-refractivity contribution is 0.588. The molecule has 1 aliphatic rings. The van der Waals surface area contributed by atoms with Gasteiger partial charge in [-0.1, -0.05) is 11.6 Å². The highest BCUT2D eigenvalue weighted by Crippen LogP contribution is 2.27. The van der Waals surface area contributed by atoms with E-state index >= 15 is 0 Å². The number of hydrogen-bond donors (Lipinski definition) is 0. The Morgan fingerprint density at radius 2 is 2.00 bits per heavy atom. The third kappa shape index (κ3) is 1.42. The molecule has 0 amide bonds. The van der Waals surface area contributed by atoms with Crippen LogP contribution in [0.5, 0.6) is 0 Å². The Balaban J connectivity index is 2.64. The smallest absolute Gasteiger partial charge is 0.223 e. The Morgan fingerprint density at radius 1 is 1.31 bits per heavy atom. The molecule has 0 radical (unpaired) electrons. The first-order valence-electron chi connectivity index (χ1n) is 3.74. The molecule has 1 heterocycles. The number of halogens is 1. The van der Waals surface area contributed by atoms with E-state index in [-0.39, 0.29) is 10.3 Å². The standard InChI is InChI=1S/C7H7ClN2O2S/c1-13(11,12)7-9-5-3-2-4(5)6(8)10-7/h2-3H2,1H3. The van der Waals surface area contributed by atoms with Gasteiger partial charge in [0.15, 0.2) is 0 Å². The maximum Gasteiger partial charge on any atom is 0.248 e. The zero-order valence-corrected chi connectivity index (χ0v) is 8.48. The number of nitrogens with zero attached hydrogens (tertiary/aromatic N) is 2. The van der Waals surface area contributed by atoms with Gasteiger partial charge < -0.3 is 0 Å². The molecule has 0 atom stereocenters. The summed E-state index contributed by atoms with van der Waals surface area (Å²) in [6, 6.07) is 0. The van der Waals surface area contributed by atoms with E-state index in [0.29, 0.717) is 0 Å². The molecule has 1 aromatic rings. The maximum atomic E-state index is 11.1. The quantitative estimate of drug-likeness (QED) is 0.513. The summed E-state index contributed by atoms with van der Waals surface area (Å²) in [5.41, 5.74) is 1.65. The van der Waals surface area contributed by atoms with Crippen LogP contribution in [0.2, 0.25) is 5.15 Å². The number of aryl methyl sites for hydroxylation is 1. The molecule has 13 heavy (non-hydrogen) atoms. The molecule has 70 valence electrons. The molecule has 1 aliphatic carbocycles. The average Bonchev–Trinajstić information content (AvgIpc) is 1.90. The summed E-state index contributed by atoms with van der Waals surface area (Å²) in [5.74, 6) is 0. The monoisotopic (exact) mass is 218 g/mol. The molecule has 0 N–H and O–H groups in total. The Kier molecular flexibility index (Phi) is 1.82. The fraction of sp³-hybridized carbons (Fsp3) is 0.429. The fourth-order valence-corrected chi connectivity index (χ4v) is 2.03. The van der Waals surface area contributed by atoms with Crippen molar-refractivity contribution < 1.29 is 8.42 Å². The zero-order chi connectivity index (χ0) is 9.64. The Hall–Kier alpha value is -0.680. The molecule has 0 aromatic carbocycles. The van der Waals surface area contributed by atoms with Crippen LogP contribution in [0.25, 0.3) is 0 Å². The van der Waals surface area contributed by atoms with Crippen molar-refractivity contribution in [3.63, 3.8) is 0 Å². The van der Waals surface area contributed by atoms with Gasteiger partial charge in [0.2, 0.25) is 15.0 Å². The molecule has 0 spiro atoms. The molecule has 0 aliphatic heterocycles. The number of rotatable bonds is 1. The first kappa shape index (κ1) is 8.90. The Bertz CT molecular complexity index is 452. The minimum absolute atomic E-state index is 0.170. The minimum atomic E-state index is -3.34. The molecule has 2 rings (SSSR count). The fourth-order valence-electron chi connectivity index (χ4n) is 1.17. The van der Waals surface area contributed by atoms with E-state index < -0.39 is 9.84 Å². The van der Waals surface area contributed by atoms with Crippen LogP contribution in [0.1, 0.15) is 11.3 Å². The summed E-state index contributed by atoms with van der Waals surface area (Å²) in [6.45, 7) is 0. The van der Waals surface area contributed by atoms with Gasteiger partial charge in [0.25, 0.3) is 0 Å². The van der Waals surface area contributed by atoms with Crippen LogP contribution in [-0.4, -0.2) is 24.6 Å². The van der Waals surface area contributed by atoms with Gasteiger partial charge in [-0.2, -0.15) is 0 Å². The lowest BCUT2D eigenvalue weighted by Crippen LogP contribution is -2.17. The van der Waals surface area contributed by atoms with Crippen LogP contribution >= 0.6 is 11.6 Å². The van der Waals surface area contributed by atoms with Gasteiger partial charge in [-0.3, -0.25) is 0 Å². The third-order valence-corrected chi connectivity index (χ3v) is 3.12. The van der Waals surface area contributed by atoms with E-state index in [0.717, 1.165) is 30.4 Å². The number of hydrogen-bond acceptors (Lipinski definition) is 4. The zero-order valence-electron chi connectivity index (χ0n) is 6.91. The highest BCUT2D eigenvalue weighted by atomic mass is 35.5. The van der Waals surface area contributed by atoms with Crippen molar-refractivity contribution in [3.05, 3.63) is 16.4 Å². The van der Waals surface area contributed by atoms with Gasteiger partial charge >= 0.3 is 0 Å². The second-order valence-corrected chi connectivity index (χ2v) is 5.26. The van der Waals surface area contributed by atoms with Crippen molar-refractivity contribution in [2.75, 3.05) is 6.26 Å². The molecule has 1 aromatic heterocycles. The second-order valence-electron chi connectivity index (χ2n) is 2.99. The first-order chi connectivity index (χ1) is 5.98. The molecular formula is C7H7ClN2O2S. The summed E-state index contributed by atoms with van der Waals surface area (Å²) >= 11 is 5.76. The lowest BCUT2D eigenvalue weighted by Gasteiger charge is -2.18. The Morgan fingerprint density at radius 3 is 2.38 bits per heavy atom. The van der Waals surface area contributed by atoms with E-state index in [1.807, 2.05) is 0 Å². The summed E-state index contributed by atoms with van der Waals surface area (Å²) in [7, 11) is -3.34. The lowest BCUT2D eigenvalue weighted by atomic mass is 9.96. The molecule has 4 nitrogen and oxygen atoms in total. The molecule has 0 fully saturated rings. The van der Waals surface area contributed by atoms with E-state index in [1.54, 1.807) is 0 Å². The van der Waals surface area contributed by atoms with Gasteiger partial charge in [-0.15, -0.1) is 0 Å². The minimum Gasteiger partial charge on any atom is -0.223 e. The first-order valence-corrected chi connectivity index (χ1v) is 6.01. The van der Waals surface area contributed by atoms with Crippen LogP contribution in [-0.2, 0) is 22.7 Å². The van der Waals surface area contributed by atoms with Gasteiger partial charge in [0.05, 0.1) is 5.69 Å². The normalized spacial score (nSPS) is 14.9. The SMILES string of the molecule is CS(=O)(=O)c1nc(Cl)c2c(n1)CC2. The van der Waals surface area contributed by atoms with Gasteiger partial charge in [-0.25, -0.2) is 18.4 Å². The summed E-state index contributed by atoms with van der Waals surface area (Å²) in [4.78, 5) is 7.63. The van der Waals surface area contributed by atoms with Crippen molar-refractivity contribution in [2.24, 2.45) is 0 Å². The predicted octanol–water partition coefficient (Wildman–Crippen LogP) is 0.632. The topological polar surface area (TPSA) is 59.9 Å². The molecule has 0 bridgehead atoms. The van der Waals surface area contributed by atoms with Crippen LogP contribution in [0.4, 0.5) is 0 Å². The van der Waals surface area contributed by atoms with Crippen molar-refractivity contribution >= 4 is 21.4 Å². The third-order valence-electron chi connectivity index (χ3n) is 1.97. The van der Waals surface area contributed by atoms with Crippen LogP contribution in [0.3, 0.4) is 0 Å². The highest BCUT2D eigenvalue weighted by molar-refractivity contribution is 7.90. The largest absolute Gasteiger partial charge is 0.248 e. The predicted molar refractivity (Wildman–Crippen MR) is 47.6 cm³/mol. The van der Waals surface area contributed by atoms with Crippen LogP contribution in [0.15, 0.2) is 5.16 Å². The number of fused-ring (bicyclic) bond motifs is 1. The van der Waals surface area contributed by atoms with E-state index in [9.17, 15) is 8.42 Å². The van der Waals surface area contributed by atoms with Gasteiger partial charge in [-0.05, 0) is 12.8 Å². The van der Waals surface area contributed by atoms with E-state index in [1.165, 1.54) is 0 Å². The molecule has 0 saturated carbocycles. The molecule has 6 heteroatoms. The van der Waals surface area contributed by atoms with Gasteiger partial charge in [0, 0.05) is 11.8 Å². The Labute approximate surface area is 80.9 Å². The van der Waals surface area contributed by atoms with Crippen molar-refractivity contribution in [3.8, 4) is 0 Å². The van der Waals surface area contributed by atoms with E-state index in [2.05, 4.69) is 9.97 Å². The second kappa shape index (κ2) is 2.65. The number of sulfone groups is 1. The van der Waals surface area contributed by atoms with E-state index in [4.69, 9.17) is 11.6 Å². The maximum absolute atomic E-state index is 11.1. The summed E-state index contributed by atoms with van der Waals surface area (Å²) in [6.07, 6.45) is 2.71. The average molecular weight is 219 g/mol. The van der Waals surface area contributed by atoms with Gasteiger partial charge in [0.1, 0.15) is 5.15 Å². The van der Waals surface area contributed by atoms with Crippen LogP contribution in [0, 0.1) is 0 Å². The van der Waals surface area contributed by atoms with Crippen LogP contribution < -0.4 is 0 Å². The molecule has 0 saturated heterocycles. The summed E-state index contributed by atoms with van der Waals surface area (Å²) < 4.78 is 22.2. The van der Waals surface area contributed by atoms with Crippen molar-refractivity contribution in [2.45, 2.75) is 18.0 Å². The number of aromatic nitrogens is 2. The van der Waals surface area contributed by atoms with Crippen molar-refractivity contribution in [1.82, 2.24) is 9.97 Å².